The van der Waals surface area contributed by atoms with Gasteiger partial charge >= 0.3 is 6.03 Å². The maximum atomic E-state index is 12.4. The van der Waals surface area contributed by atoms with E-state index in [-0.39, 0.29) is 30.2 Å². The molecule has 1 aliphatic heterocycles. The zero-order chi connectivity index (χ0) is 17.5. The van der Waals surface area contributed by atoms with E-state index < -0.39 is 6.04 Å². The van der Waals surface area contributed by atoms with Gasteiger partial charge in [0.2, 0.25) is 5.91 Å². The normalized spacial score (nSPS) is 15.6. The topological polar surface area (TPSA) is 90.5 Å². The lowest BCUT2D eigenvalue weighted by Gasteiger charge is -2.30. The number of nitrogens with zero attached hydrogens (tertiary/aromatic N) is 1. The molecule has 1 aliphatic rings. The Morgan fingerprint density at radius 2 is 1.96 bits per heavy atom. The third-order valence-electron chi connectivity index (χ3n) is 3.80. The molecule has 7 heteroatoms. The fourth-order valence-corrected chi connectivity index (χ4v) is 2.48. The van der Waals surface area contributed by atoms with Crippen molar-refractivity contribution < 1.29 is 14.4 Å². The van der Waals surface area contributed by atoms with Gasteiger partial charge in [-0.2, -0.15) is 0 Å². The van der Waals surface area contributed by atoms with Crippen molar-refractivity contribution in [3.8, 4) is 0 Å². The van der Waals surface area contributed by atoms with Crippen LogP contribution in [-0.4, -0.2) is 42.0 Å². The molecule has 4 amide bonds. The van der Waals surface area contributed by atoms with Crippen molar-refractivity contribution in [3.63, 3.8) is 0 Å². The first-order valence-corrected chi connectivity index (χ1v) is 8.16. The lowest BCUT2D eigenvalue weighted by molar-refractivity contribution is -0.132. The van der Waals surface area contributed by atoms with Gasteiger partial charge in [-0.15, -0.1) is 0 Å². The van der Waals surface area contributed by atoms with Crippen LogP contribution in [0, 0.1) is 5.92 Å². The predicted octanol–water partition coefficient (Wildman–Crippen LogP) is 0.816. The average molecular weight is 332 g/mol. The van der Waals surface area contributed by atoms with Crippen LogP contribution < -0.4 is 16.1 Å². The molecule has 24 heavy (non-hydrogen) atoms. The third-order valence-corrected chi connectivity index (χ3v) is 3.80. The minimum atomic E-state index is -0.698. The first-order valence-electron chi connectivity index (χ1n) is 8.16. The molecule has 0 aromatic heterocycles. The van der Waals surface area contributed by atoms with Crippen LogP contribution >= 0.6 is 0 Å². The van der Waals surface area contributed by atoms with E-state index in [1.165, 1.54) is 5.01 Å². The SMILES string of the molecule is CC(C)C(NC(=O)Cc1ccccc1)C(=O)NN1CCCNC1=O. The first-order chi connectivity index (χ1) is 11.5. The largest absolute Gasteiger partial charge is 0.344 e. The standard InChI is InChI=1S/C17H24N4O3/c1-12(2)15(16(23)20-21-10-6-9-18-17(21)24)19-14(22)11-13-7-4-3-5-8-13/h3-5,7-8,12,15H,6,9-11H2,1-2H3,(H,18,24)(H,19,22)(H,20,23). The van der Waals surface area contributed by atoms with Gasteiger partial charge in [-0.25, -0.2) is 9.80 Å². The number of urea groups is 1. The van der Waals surface area contributed by atoms with Crippen molar-refractivity contribution in [2.75, 3.05) is 13.1 Å². The number of hydrogen-bond donors (Lipinski definition) is 3. The van der Waals surface area contributed by atoms with Gasteiger partial charge in [0.15, 0.2) is 0 Å². The minimum absolute atomic E-state index is 0.0995. The fourth-order valence-electron chi connectivity index (χ4n) is 2.48. The second-order valence-electron chi connectivity index (χ2n) is 6.16. The second-order valence-corrected chi connectivity index (χ2v) is 6.16. The van der Waals surface area contributed by atoms with Crippen molar-refractivity contribution in [3.05, 3.63) is 35.9 Å². The van der Waals surface area contributed by atoms with Gasteiger partial charge in [-0.3, -0.25) is 15.0 Å². The quantitative estimate of drug-likeness (QED) is 0.720. The molecule has 0 radical (unpaired) electrons. The highest BCUT2D eigenvalue weighted by Crippen LogP contribution is 2.06. The molecule has 7 nitrogen and oxygen atoms in total. The molecule has 1 unspecified atom stereocenters. The number of rotatable bonds is 6. The number of hydrogen-bond acceptors (Lipinski definition) is 3. The zero-order valence-corrected chi connectivity index (χ0v) is 14.0. The second kappa shape index (κ2) is 8.33. The summed E-state index contributed by atoms with van der Waals surface area (Å²) in [6, 6.07) is 8.32. The van der Waals surface area contributed by atoms with Crippen molar-refractivity contribution in [2.45, 2.75) is 32.7 Å². The Hall–Kier alpha value is -2.57. The van der Waals surface area contributed by atoms with Crippen LogP contribution in [0.25, 0.3) is 0 Å². The van der Waals surface area contributed by atoms with Gasteiger partial charge in [-0.05, 0) is 17.9 Å². The van der Waals surface area contributed by atoms with Crippen LogP contribution in [0.1, 0.15) is 25.8 Å². The highest BCUT2D eigenvalue weighted by Gasteiger charge is 2.28. The molecule has 130 valence electrons. The Morgan fingerprint density at radius 1 is 1.25 bits per heavy atom. The molecule has 0 saturated carbocycles. The van der Waals surface area contributed by atoms with E-state index in [4.69, 9.17) is 0 Å². The van der Waals surface area contributed by atoms with E-state index in [1.807, 2.05) is 44.2 Å². The van der Waals surface area contributed by atoms with Crippen molar-refractivity contribution >= 4 is 17.8 Å². The Kier molecular flexibility index (Phi) is 6.17. The molecular weight excluding hydrogens is 308 g/mol. The van der Waals surface area contributed by atoms with E-state index in [1.54, 1.807) is 0 Å². The molecule has 1 fully saturated rings. The molecule has 0 bridgehead atoms. The number of nitrogens with one attached hydrogen (secondary N) is 3. The van der Waals surface area contributed by atoms with E-state index >= 15 is 0 Å². The van der Waals surface area contributed by atoms with Gasteiger partial charge in [0.1, 0.15) is 6.04 Å². The lowest BCUT2D eigenvalue weighted by atomic mass is 10.0. The molecule has 3 N–H and O–H groups in total. The first kappa shape index (κ1) is 17.8. The third kappa shape index (κ3) is 4.97. The molecule has 1 aromatic carbocycles. The highest BCUT2D eigenvalue weighted by molar-refractivity contribution is 5.89. The maximum Gasteiger partial charge on any atom is 0.336 e. The number of carbonyl (C=O) groups is 3. The van der Waals surface area contributed by atoms with Gasteiger partial charge < -0.3 is 10.6 Å². The molecule has 0 spiro atoms. The van der Waals surface area contributed by atoms with Crippen LogP contribution in [0.3, 0.4) is 0 Å². The molecular formula is C17H24N4O3. The molecule has 0 aliphatic carbocycles. The summed E-state index contributed by atoms with van der Waals surface area (Å²) in [6.07, 6.45) is 0.972. The Bertz CT molecular complexity index is 589. The summed E-state index contributed by atoms with van der Waals surface area (Å²) in [7, 11) is 0. The summed E-state index contributed by atoms with van der Waals surface area (Å²) in [6.45, 7) is 4.76. The molecule has 1 aromatic rings. The van der Waals surface area contributed by atoms with Crippen molar-refractivity contribution in [2.24, 2.45) is 5.92 Å². The number of hydrazine groups is 1. The summed E-state index contributed by atoms with van der Waals surface area (Å²) >= 11 is 0. The van der Waals surface area contributed by atoms with E-state index in [9.17, 15) is 14.4 Å². The fraction of sp³-hybridized carbons (Fsp3) is 0.471. The van der Waals surface area contributed by atoms with Crippen LogP contribution in [-0.2, 0) is 16.0 Å². The summed E-state index contributed by atoms with van der Waals surface area (Å²) in [5.41, 5.74) is 3.47. The Morgan fingerprint density at radius 3 is 2.58 bits per heavy atom. The van der Waals surface area contributed by atoms with Crippen LogP contribution in [0.15, 0.2) is 30.3 Å². The molecule has 1 heterocycles. The van der Waals surface area contributed by atoms with Crippen LogP contribution in [0.4, 0.5) is 4.79 Å². The van der Waals surface area contributed by atoms with Gasteiger partial charge in [0, 0.05) is 13.1 Å². The maximum absolute atomic E-state index is 12.4. The van der Waals surface area contributed by atoms with Crippen LogP contribution in [0.2, 0.25) is 0 Å². The highest BCUT2D eigenvalue weighted by atomic mass is 16.2. The molecule has 1 atom stereocenters. The van der Waals surface area contributed by atoms with Crippen molar-refractivity contribution in [1.29, 1.82) is 0 Å². The summed E-state index contributed by atoms with van der Waals surface area (Å²) in [5.74, 6) is -0.709. The van der Waals surface area contributed by atoms with Gasteiger partial charge in [0.05, 0.1) is 6.42 Å². The lowest BCUT2D eigenvalue weighted by Crippen LogP contribution is -2.59. The smallest absolute Gasteiger partial charge is 0.336 e. The van der Waals surface area contributed by atoms with E-state index in [0.717, 1.165) is 12.0 Å². The number of amides is 4. The number of benzene rings is 1. The molecule has 2 rings (SSSR count). The van der Waals surface area contributed by atoms with Gasteiger partial charge in [-0.1, -0.05) is 44.2 Å². The van der Waals surface area contributed by atoms with Crippen LogP contribution in [0.5, 0.6) is 0 Å². The van der Waals surface area contributed by atoms with Gasteiger partial charge in [0.25, 0.3) is 5.91 Å². The van der Waals surface area contributed by atoms with E-state index in [2.05, 4.69) is 16.1 Å². The minimum Gasteiger partial charge on any atom is -0.344 e. The number of carbonyl (C=O) groups excluding carboxylic acids is 3. The van der Waals surface area contributed by atoms with E-state index in [0.29, 0.717) is 13.1 Å². The summed E-state index contributed by atoms with van der Waals surface area (Å²) in [5, 5.41) is 6.68. The summed E-state index contributed by atoms with van der Waals surface area (Å²) < 4.78 is 0. The zero-order valence-electron chi connectivity index (χ0n) is 14.0. The Balaban J connectivity index is 1.94. The molecule has 1 saturated heterocycles. The average Bonchev–Trinajstić information content (AvgIpc) is 2.55. The summed E-state index contributed by atoms with van der Waals surface area (Å²) in [4.78, 5) is 36.3. The monoisotopic (exact) mass is 332 g/mol. The Labute approximate surface area is 141 Å². The van der Waals surface area contributed by atoms with Crippen molar-refractivity contribution in [1.82, 2.24) is 21.1 Å². The predicted molar refractivity (Wildman–Crippen MR) is 89.8 cm³/mol.